The van der Waals surface area contributed by atoms with Crippen LogP contribution in [-0.4, -0.2) is 22.3 Å². The Kier molecular flexibility index (Phi) is 5.29. The predicted molar refractivity (Wildman–Crippen MR) is 78.1 cm³/mol. The van der Waals surface area contributed by atoms with Crippen LogP contribution >= 0.6 is 11.8 Å². The van der Waals surface area contributed by atoms with Gasteiger partial charge in [-0.15, -0.1) is 0 Å². The van der Waals surface area contributed by atoms with E-state index in [1.807, 2.05) is 0 Å². The molecule has 20 heavy (non-hydrogen) atoms. The Balaban J connectivity index is 2.14. The molecule has 6 heteroatoms. The zero-order valence-electron chi connectivity index (χ0n) is 11.0. The summed E-state index contributed by atoms with van der Waals surface area (Å²) in [4.78, 5) is 9.07. The molecule has 0 fully saturated rings. The number of benzene rings is 1. The van der Waals surface area contributed by atoms with Crippen LogP contribution in [0, 0.1) is 0 Å². The van der Waals surface area contributed by atoms with Gasteiger partial charge in [0.1, 0.15) is 0 Å². The first kappa shape index (κ1) is 14.7. The maximum Gasteiger partial charge on any atom is 0.288 e. The lowest BCUT2D eigenvalue weighted by Crippen LogP contribution is -2.04. The number of thioether (sulfide) groups is 1. The summed E-state index contributed by atoms with van der Waals surface area (Å²) in [6, 6.07) is 8.72. The zero-order chi connectivity index (χ0) is 14.4. The molecular formula is C14H15F2N3S. The molecule has 3 nitrogen and oxygen atoms in total. The Morgan fingerprint density at radius 2 is 1.95 bits per heavy atom. The van der Waals surface area contributed by atoms with E-state index in [1.165, 1.54) is 0 Å². The molecule has 0 spiro atoms. The Morgan fingerprint density at radius 1 is 1.20 bits per heavy atom. The van der Waals surface area contributed by atoms with E-state index in [0.717, 1.165) is 24.2 Å². The highest BCUT2D eigenvalue weighted by Gasteiger charge is 2.06. The van der Waals surface area contributed by atoms with Crippen molar-refractivity contribution in [2.45, 2.75) is 24.0 Å². The minimum absolute atomic E-state index is 0.538. The summed E-state index contributed by atoms with van der Waals surface area (Å²) >= 11 is 0.538. The lowest BCUT2D eigenvalue weighted by atomic mass is 10.1. The Labute approximate surface area is 120 Å². The van der Waals surface area contributed by atoms with Crippen LogP contribution in [0.3, 0.4) is 0 Å². The van der Waals surface area contributed by atoms with Crippen molar-refractivity contribution >= 4 is 17.7 Å². The second-order valence-corrected chi connectivity index (χ2v) is 5.16. The van der Waals surface area contributed by atoms with Crippen LogP contribution in [-0.2, 0) is 0 Å². The van der Waals surface area contributed by atoms with E-state index in [4.69, 9.17) is 0 Å². The highest BCUT2D eigenvalue weighted by molar-refractivity contribution is 7.99. The molecule has 1 aromatic carbocycles. The summed E-state index contributed by atoms with van der Waals surface area (Å²) in [6.45, 7) is 2.88. The van der Waals surface area contributed by atoms with E-state index < -0.39 is 5.76 Å². The summed E-state index contributed by atoms with van der Waals surface area (Å²) in [5.74, 6) is -1.82. The van der Waals surface area contributed by atoms with Crippen LogP contribution < -0.4 is 5.32 Å². The van der Waals surface area contributed by atoms with Crippen molar-refractivity contribution in [2.75, 3.05) is 11.9 Å². The zero-order valence-corrected chi connectivity index (χ0v) is 11.8. The van der Waals surface area contributed by atoms with Gasteiger partial charge < -0.3 is 5.32 Å². The van der Waals surface area contributed by atoms with Gasteiger partial charge in [-0.1, -0.05) is 30.8 Å². The van der Waals surface area contributed by atoms with E-state index in [2.05, 4.69) is 22.2 Å². The first-order valence-corrected chi connectivity index (χ1v) is 7.19. The SMILES string of the molecule is CCCNc1nccc(-c2ccc(SC(F)F)cc2)n1. The van der Waals surface area contributed by atoms with Crippen LogP contribution in [0.15, 0.2) is 41.4 Å². The molecule has 1 aromatic heterocycles. The summed E-state index contributed by atoms with van der Waals surface area (Å²) in [7, 11) is 0. The van der Waals surface area contributed by atoms with Crippen molar-refractivity contribution in [3.63, 3.8) is 0 Å². The van der Waals surface area contributed by atoms with Gasteiger partial charge in [0.25, 0.3) is 5.76 Å². The Morgan fingerprint density at radius 3 is 2.60 bits per heavy atom. The normalized spacial score (nSPS) is 10.8. The standard InChI is InChI=1S/C14H15F2N3S/c1-2-8-17-14-18-9-7-12(19-14)10-3-5-11(6-4-10)20-13(15)16/h3-7,9,13H,2,8H2,1H3,(H,17,18,19). The van der Waals surface area contributed by atoms with Crippen LogP contribution in [0.4, 0.5) is 14.7 Å². The number of nitrogens with zero attached hydrogens (tertiary/aromatic N) is 2. The highest BCUT2D eigenvalue weighted by atomic mass is 32.2. The van der Waals surface area contributed by atoms with Gasteiger partial charge in [-0.05, 0) is 24.6 Å². The first-order valence-electron chi connectivity index (χ1n) is 6.31. The average molecular weight is 295 g/mol. The van der Waals surface area contributed by atoms with Gasteiger partial charge in [0.15, 0.2) is 0 Å². The molecule has 0 saturated heterocycles. The summed E-state index contributed by atoms with van der Waals surface area (Å²) < 4.78 is 24.5. The number of rotatable bonds is 6. The van der Waals surface area contributed by atoms with Crippen LogP contribution in [0.25, 0.3) is 11.3 Å². The lowest BCUT2D eigenvalue weighted by molar-refractivity contribution is 0.252. The maximum atomic E-state index is 12.2. The predicted octanol–water partition coefficient (Wildman–Crippen LogP) is 4.28. The van der Waals surface area contributed by atoms with Crippen LogP contribution in [0.2, 0.25) is 0 Å². The molecule has 0 saturated carbocycles. The fourth-order valence-electron chi connectivity index (χ4n) is 1.65. The Bertz CT molecular complexity index is 546. The van der Waals surface area contributed by atoms with Gasteiger partial charge in [0.2, 0.25) is 5.95 Å². The maximum absolute atomic E-state index is 12.2. The van der Waals surface area contributed by atoms with Gasteiger partial charge in [0, 0.05) is 23.2 Å². The smallest absolute Gasteiger partial charge is 0.288 e. The molecule has 0 aliphatic heterocycles. The molecule has 0 unspecified atom stereocenters. The molecule has 0 amide bonds. The number of aromatic nitrogens is 2. The molecule has 106 valence electrons. The third-order valence-electron chi connectivity index (χ3n) is 2.56. The van der Waals surface area contributed by atoms with E-state index >= 15 is 0 Å². The second kappa shape index (κ2) is 7.19. The molecule has 0 aliphatic carbocycles. The first-order chi connectivity index (χ1) is 9.69. The monoisotopic (exact) mass is 295 g/mol. The molecule has 0 atom stereocenters. The van der Waals surface area contributed by atoms with E-state index in [0.29, 0.717) is 22.6 Å². The summed E-state index contributed by atoms with van der Waals surface area (Å²) in [5, 5.41) is 3.12. The third-order valence-corrected chi connectivity index (χ3v) is 3.29. The summed E-state index contributed by atoms with van der Waals surface area (Å²) in [5.41, 5.74) is 1.65. The molecular weight excluding hydrogens is 280 g/mol. The van der Waals surface area contributed by atoms with Crippen molar-refractivity contribution in [1.82, 2.24) is 9.97 Å². The molecule has 0 radical (unpaired) electrons. The molecule has 0 bridgehead atoms. The molecule has 1 N–H and O–H groups in total. The van der Waals surface area contributed by atoms with Crippen molar-refractivity contribution in [1.29, 1.82) is 0 Å². The van der Waals surface area contributed by atoms with Gasteiger partial charge in [0.05, 0.1) is 5.69 Å². The largest absolute Gasteiger partial charge is 0.354 e. The number of halogens is 2. The fraction of sp³-hybridized carbons (Fsp3) is 0.286. The lowest BCUT2D eigenvalue weighted by Gasteiger charge is -2.06. The number of hydrogen-bond donors (Lipinski definition) is 1. The molecule has 1 heterocycles. The van der Waals surface area contributed by atoms with Crippen molar-refractivity contribution in [3.05, 3.63) is 36.5 Å². The van der Waals surface area contributed by atoms with E-state index in [-0.39, 0.29) is 0 Å². The highest BCUT2D eigenvalue weighted by Crippen LogP contribution is 2.27. The van der Waals surface area contributed by atoms with E-state index in [9.17, 15) is 8.78 Å². The number of alkyl halides is 2. The van der Waals surface area contributed by atoms with Crippen LogP contribution in [0.5, 0.6) is 0 Å². The third kappa shape index (κ3) is 4.16. The van der Waals surface area contributed by atoms with Crippen molar-refractivity contribution < 1.29 is 8.78 Å². The van der Waals surface area contributed by atoms with Crippen LogP contribution in [0.1, 0.15) is 13.3 Å². The molecule has 0 aliphatic rings. The molecule has 2 rings (SSSR count). The topological polar surface area (TPSA) is 37.8 Å². The Hall–Kier alpha value is -1.69. The quantitative estimate of drug-likeness (QED) is 0.807. The van der Waals surface area contributed by atoms with Crippen molar-refractivity contribution in [3.8, 4) is 11.3 Å². The summed E-state index contributed by atoms with van der Waals surface area (Å²) in [6.07, 6.45) is 2.68. The number of hydrogen-bond acceptors (Lipinski definition) is 4. The minimum Gasteiger partial charge on any atom is -0.354 e. The van der Waals surface area contributed by atoms with Crippen molar-refractivity contribution in [2.24, 2.45) is 0 Å². The number of nitrogens with one attached hydrogen (secondary N) is 1. The van der Waals surface area contributed by atoms with Gasteiger partial charge in [-0.25, -0.2) is 9.97 Å². The average Bonchev–Trinajstić information content (AvgIpc) is 2.45. The second-order valence-electron chi connectivity index (χ2n) is 4.10. The van der Waals surface area contributed by atoms with E-state index in [1.54, 1.807) is 36.5 Å². The van der Waals surface area contributed by atoms with Gasteiger partial charge in [-0.3, -0.25) is 0 Å². The fourth-order valence-corrected chi connectivity index (χ4v) is 2.15. The molecule has 2 aromatic rings. The van der Waals surface area contributed by atoms with Gasteiger partial charge in [-0.2, -0.15) is 8.78 Å². The minimum atomic E-state index is -2.40. The van der Waals surface area contributed by atoms with Gasteiger partial charge >= 0.3 is 0 Å². The number of anilines is 1.